The van der Waals surface area contributed by atoms with Gasteiger partial charge in [-0.2, -0.15) is 10.2 Å². The van der Waals surface area contributed by atoms with Gasteiger partial charge in [-0.05, 0) is 23.8 Å². The minimum absolute atomic E-state index is 0.209. The minimum atomic E-state index is -0.258. The lowest BCUT2D eigenvalue weighted by atomic mass is 9.98. The van der Waals surface area contributed by atoms with Crippen molar-refractivity contribution >= 4 is 38.0 Å². The van der Waals surface area contributed by atoms with E-state index in [-0.39, 0.29) is 12.1 Å². The average Bonchev–Trinajstić information content (AvgIpc) is 3.39. The molecule has 0 saturated carbocycles. The highest BCUT2D eigenvalue weighted by molar-refractivity contribution is 7.17. The molecule has 0 radical (unpaired) electrons. The molecule has 3 aromatic heterocycles. The second-order valence-electron chi connectivity index (χ2n) is 6.77. The van der Waals surface area contributed by atoms with E-state index in [1.807, 2.05) is 31.3 Å². The number of hydrogen-bond donors (Lipinski definition) is 2. The molecule has 0 aliphatic heterocycles. The van der Waals surface area contributed by atoms with Crippen LogP contribution in [-0.4, -0.2) is 25.0 Å². The molecule has 0 amide bonds. The van der Waals surface area contributed by atoms with Crippen LogP contribution in [0.5, 0.6) is 0 Å². The molecule has 0 aliphatic rings. The third-order valence-corrected chi connectivity index (χ3v) is 6.00. The fourth-order valence-electron chi connectivity index (χ4n) is 3.73. The highest BCUT2D eigenvalue weighted by atomic mass is 32.1. The Kier molecular flexibility index (Phi) is 4.17. The van der Waals surface area contributed by atoms with E-state index in [1.165, 1.54) is 11.3 Å². The predicted octanol–water partition coefficient (Wildman–Crippen LogP) is 3.61. The molecule has 0 atom stereocenters. The minimum Gasteiger partial charge on any atom is -0.325 e. The predicted molar refractivity (Wildman–Crippen MR) is 117 cm³/mol. The number of thiazole rings is 1. The zero-order valence-corrected chi connectivity index (χ0v) is 16.7. The summed E-state index contributed by atoms with van der Waals surface area (Å²) in [5.41, 5.74) is 12.6. The van der Waals surface area contributed by atoms with Gasteiger partial charge in [-0.3, -0.25) is 9.48 Å². The van der Waals surface area contributed by atoms with E-state index in [0.717, 1.165) is 32.6 Å². The van der Waals surface area contributed by atoms with Crippen molar-refractivity contribution in [2.24, 2.45) is 12.8 Å². The molecule has 3 heterocycles. The van der Waals surface area contributed by atoms with Crippen LogP contribution in [0.3, 0.4) is 0 Å². The Labute approximate surface area is 174 Å². The Morgan fingerprint density at radius 1 is 1.23 bits per heavy atom. The van der Waals surface area contributed by atoms with Gasteiger partial charge in [0.05, 0.1) is 45.3 Å². The van der Waals surface area contributed by atoms with Crippen LogP contribution in [0, 0.1) is 6.57 Å². The summed E-state index contributed by atoms with van der Waals surface area (Å²) in [6.45, 7) is 7.96. The van der Waals surface area contributed by atoms with Gasteiger partial charge in [0.15, 0.2) is 0 Å². The van der Waals surface area contributed by atoms with Crippen LogP contribution in [0.25, 0.3) is 48.2 Å². The Morgan fingerprint density at radius 3 is 2.90 bits per heavy atom. The van der Waals surface area contributed by atoms with Gasteiger partial charge in [0.25, 0.3) is 5.56 Å². The number of nitrogens with zero attached hydrogens (tertiary/aromatic N) is 5. The van der Waals surface area contributed by atoms with Gasteiger partial charge in [-0.25, -0.2) is 14.9 Å². The first-order valence-corrected chi connectivity index (χ1v) is 9.98. The van der Waals surface area contributed by atoms with Gasteiger partial charge in [-0.15, -0.1) is 11.3 Å². The van der Waals surface area contributed by atoms with Crippen molar-refractivity contribution in [1.82, 2.24) is 25.0 Å². The first-order valence-electron chi connectivity index (χ1n) is 9.10. The van der Waals surface area contributed by atoms with E-state index in [9.17, 15) is 4.79 Å². The summed E-state index contributed by atoms with van der Waals surface area (Å²) in [5.74, 6) is 0. The highest BCUT2D eigenvalue weighted by Gasteiger charge is 2.19. The second kappa shape index (κ2) is 6.88. The van der Waals surface area contributed by atoms with Gasteiger partial charge in [0.2, 0.25) is 5.69 Å². The number of benzene rings is 2. The lowest BCUT2D eigenvalue weighted by molar-refractivity contribution is 0.776. The van der Waals surface area contributed by atoms with Crippen LogP contribution in [0.2, 0.25) is 0 Å². The molecular formula is C21H15N7OS. The molecule has 146 valence electrons. The molecule has 0 unspecified atom stereocenters. The molecule has 3 N–H and O–H groups in total. The quantitative estimate of drug-likeness (QED) is 0.440. The van der Waals surface area contributed by atoms with Crippen molar-refractivity contribution < 1.29 is 0 Å². The topological polar surface area (TPSA) is 107 Å². The monoisotopic (exact) mass is 413 g/mol. The number of hydrogen-bond acceptors (Lipinski definition) is 6. The van der Waals surface area contributed by atoms with E-state index in [2.05, 4.69) is 25.1 Å². The number of aryl methyl sites for hydroxylation is 1. The largest absolute Gasteiger partial charge is 0.325 e. The van der Waals surface area contributed by atoms with Crippen molar-refractivity contribution in [3.63, 3.8) is 0 Å². The summed E-state index contributed by atoms with van der Waals surface area (Å²) in [6.07, 6.45) is 1.77. The maximum Gasteiger partial charge on any atom is 0.272 e. The second-order valence-corrected chi connectivity index (χ2v) is 7.62. The number of H-pyrrole nitrogens is 1. The molecular weight excluding hydrogens is 398 g/mol. The molecule has 8 nitrogen and oxygen atoms in total. The maximum absolute atomic E-state index is 12.2. The summed E-state index contributed by atoms with van der Waals surface area (Å²) in [6, 6.07) is 9.38. The number of nitrogens with two attached hydrogens (primary N) is 1. The Hall–Kier alpha value is -3.87. The summed E-state index contributed by atoms with van der Waals surface area (Å²) in [4.78, 5) is 20.3. The van der Waals surface area contributed by atoms with Crippen LogP contribution in [0.15, 0.2) is 46.8 Å². The molecule has 5 aromatic rings. The summed E-state index contributed by atoms with van der Waals surface area (Å²) < 4.78 is 2.62. The fourth-order valence-corrected chi connectivity index (χ4v) is 4.51. The zero-order chi connectivity index (χ0) is 20.8. The van der Waals surface area contributed by atoms with E-state index in [0.29, 0.717) is 22.2 Å². The van der Waals surface area contributed by atoms with E-state index < -0.39 is 0 Å². The lowest BCUT2D eigenvalue weighted by Crippen LogP contribution is -2.13. The fraction of sp³-hybridized carbons (Fsp3) is 0.0952. The summed E-state index contributed by atoms with van der Waals surface area (Å²) >= 11 is 1.45. The van der Waals surface area contributed by atoms with E-state index >= 15 is 0 Å². The molecule has 9 heteroatoms. The van der Waals surface area contributed by atoms with Crippen LogP contribution >= 0.6 is 11.3 Å². The average molecular weight is 413 g/mol. The van der Waals surface area contributed by atoms with Crippen LogP contribution in [-0.2, 0) is 13.6 Å². The third kappa shape index (κ3) is 2.62. The van der Waals surface area contributed by atoms with Crippen molar-refractivity contribution in [3.05, 3.63) is 69.5 Å². The van der Waals surface area contributed by atoms with Crippen LogP contribution < -0.4 is 11.3 Å². The molecule has 0 aliphatic carbocycles. The third-order valence-electron chi connectivity index (χ3n) is 5.15. The molecule has 2 aromatic carbocycles. The number of nitrogens with one attached hydrogen (secondary N) is 1. The van der Waals surface area contributed by atoms with Crippen molar-refractivity contribution in [2.75, 3.05) is 0 Å². The molecule has 5 rings (SSSR count). The molecule has 0 spiro atoms. The number of rotatable bonds is 3. The molecule has 0 saturated heterocycles. The maximum atomic E-state index is 12.2. The van der Waals surface area contributed by atoms with E-state index in [4.69, 9.17) is 12.3 Å². The van der Waals surface area contributed by atoms with Gasteiger partial charge in [0.1, 0.15) is 0 Å². The van der Waals surface area contributed by atoms with Crippen molar-refractivity contribution in [2.45, 2.75) is 6.54 Å². The lowest BCUT2D eigenvalue weighted by Gasteiger charge is -2.11. The van der Waals surface area contributed by atoms with Crippen LogP contribution in [0.4, 0.5) is 5.69 Å². The first kappa shape index (κ1) is 18.2. The number of fused-ring (bicyclic) bond motifs is 2. The standard InChI is InChI=1S/C21H15N7OS/c1-23-18-13(5-6-16-20(18)30-10-24-16)19-15(9-25-28(19)2)11-3-4-12-14(7-11)17(8-22)26-27-21(12)29/h3-7,9-10H,8,22H2,2H3,(H,27,29). The number of aromatic nitrogens is 5. The zero-order valence-electron chi connectivity index (χ0n) is 15.9. The first-order chi connectivity index (χ1) is 14.6. The SMILES string of the molecule is [C-]#[N+]c1c(-c2c(-c3ccc4c(=O)[nH]nc(CN)c4c3)cnn2C)ccc2ncsc12. The van der Waals surface area contributed by atoms with E-state index in [1.54, 1.807) is 22.5 Å². The number of aromatic amines is 1. The van der Waals surface area contributed by atoms with Gasteiger partial charge >= 0.3 is 0 Å². The van der Waals surface area contributed by atoms with Gasteiger partial charge < -0.3 is 5.73 Å². The summed E-state index contributed by atoms with van der Waals surface area (Å²) in [7, 11) is 1.85. The van der Waals surface area contributed by atoms with Gasteiger partial charge in [0, 0.05) is 30.1 Å². The Balaban J connectivity index is 1.79. The highest BCUT2D eigenvalue weighted by Crippen LogP contribution is 2.42. The van der Waals surface area contributed by atoms with Crippen molar-refractivity contribution in [1.29, 1.82) is 0 Å². The smallest absolute Gasteiger partial charge is 0.272 e. The summed E-state index contributed by atoms with van der Waals surface area (Å²) in [5, 5.41) is 12.2. The Morgan fingerprint density at radius 2 is 2.10 bits per heavy atom. The molecule has 0 fully saturated rings. The van der Waals surface area contributed by atoms with Crippen molar-refractivity contribution in [3.8, 4) is 22.4 Å². The molecule has 0 bridgehead atoms. The normalized spacial score (nSPS) is 11.2. The van der Waals surface area contributed by atoms with Crippen LogP contribution in [0.1, 0.15) is 5.69 Å². The molecule has 30 heavy (non-hydrogen) atoms. The Bertz CT molecular complexity index is 1540. The van der Waals surface area contributed by atoms with Gasteiger partial charge in [-0.1, -0.05) is 12.1 Å².